The maximum atomic E-state index is 13.2. The highest BCUT2D eigenvalue weighted by Crippen LogP contribution is 2.12. The van der Waals surface area contributed by atoms with Gasteiger partial charge in [-0.2, -0.15) is 0 Å². The SMILES string of the molecule is CN(CCO)C(=O)c1ccc(F)cc1C#CCCO. The molecule has 1 amide bonds. The number of benzene rings is 1. The smallest absolute Gasteiger partial charge is 0.254 e. The van der Waals surface area contributed by atoms with Crippen LogP contribution in [0.2, 0.25) is 0 Å². The van der Waals surface area contributed by atoms with Crippen molar-refractivity contribution in [3.8, 4) is 11.8 Å². The van der Waals surface area contributed by atoms with E-state index in [1.54, 1.807) is 7.05 Å². The van der Waals surface area contributed by atoms with Gasteiger partial charge >= 0.3 is 0 Å². The number of aliphatic hydroxyl groups excluding tert-OH is 2. The summed E-state index contributed by atoms with van der Waals surface area (Å²) in [4.78, 5) is 13.4. The highest BCUT2D eigenvalue weighted by atomic mass is 19.1. The topological polar surface area (TPSA) is 60.8 Å². The fourth-order valence-corrected chi connectivity index (χ4v) is 1.48. The summed E-state index contributed by atoms with van der Waals surface area (Å²) in [5, 5.41) is 17.5. The van der Waals surface area contributed by atoms with E-state index < -0.39 is 5.82 Å². The summed E-state index contributed by atoms with van der Waals surface area (Å²) in [5.74, 6) is 4.52. The summed E-state index contributed by atoms with van der Waals surface area (Å²) in [7, 11) is 1.55. The zero-order valence-corrected chi connectivity index (χ0v) is 10.7. The molecule has 0 aromatic heterocycles. The molecule has 0 saturated carbocycles. The summed E-state index contributed by atoms with van der Waals surface area (Å²) in [6.07, 6.45) is 0.261. The van der Waals surface area contributed by atoms with Crippen molar-refractivity contribution >= 4 is 5.91 Å². The van der Waals surface area contributed by atoms with Gasteiger partial charge in [-0.05, 0) is 18.2 Å². The summed E-state index contributed by atoms with van der Waals surface area (Å²) >= 11 is 0. The van der Waals surface area contributed by atoms with E-state index in [2.05, 4.69) is 11.8 Å². The Bertz CT molecular complexity index is 505. The average Bonchev–Trinajstić information content (AvgIpc) is 2.39. The van der Waals surface area contributed by atoms with Gasteiger partial charge in [-0.25, -0.2) is 4.39 Å². The van der Waals surface area contributed by atoms with Crippen molar-refractivity contribution in [3.63, 3.8) is 0 Å². The third kappa shape index (κ3) is 4.36. The Morgan fingerprint density at radius 2 is 2.11 bits per heavy atom. The van der Waals surface area contributed by atoms with Crippen molar-refractivity contribution in [2.45, 2.75) is 6.42 Å². The number of halogens is 1. The lowest BCUT2D eigenvalue weighted by atomic mass is 10.1. The van der Waals surface area contributed by atoms with E-state index in [1.807, 2.05) is 0 Å². The molecule has 0 bridgehead atoms. The van der Waals surface area contributed by atoms with E-state index >= 15 is 0 Å². The van der Waals surface area contributed by atoms with E-state index in [-0.39, 0.29) is 43.2 Å². The molecule has 1 aromatic carbocycles. The molecule has 1 aromatic rings. The van der Waals surface area contributed by atoms with Gasteiger partial charge in [-0.1, -0.05) is 11.8 Å². The minimum Gasteiger partial charge on any atom is -0.395 e. The first-order chi connectivity index (χ1) is 9.10. The van der Waals surface area contributed by atoms with Gasteiger partial charge in [0.1, 0.15) is 5.82 Å². The van der Waals surface area contributed by atoms with Crippen LogP contribution in [-0.4, -0.2) is 47.8 Å². The molecule has 0 aliphatic heterocycles. The van der Waals surface area contributed by atoms with E-state index in [9.17, 15) is 9.18 Å². The number of nitrogens with zero attached hydrogens (tertiary/aromatic N) is 1. The van der Waals surface area contributed by atoms with Gasteiger partial charge < -0.3 is 15.1 Å². The molecule has 0 unspecified atom stereocenters. The van der Waals surface area contributed by atoms with Gasteiger partial charge in [-0.15, -0.1) is 0 Å². The first-order valence-electron chi connectivity index (χ1n) is 5.85. The zero-order valence-electron chi connectivity index (χ0n) is 10.7. The molecule has 5 heteroatoms. The first kappa shape index (κ1) is 15.2. The second-order valence-electron chi connectivity index (χ2n) is 3.92. The van der Waals surface area contributed by atoms with E-state index in [0.717, 1.165) is 0 Å². The van der Waals surface area contributed by atoms with Crippen LogP contribution in [0.15, 0.2) is 18.2 Å². The molecule has 0 spiro atoms. The van der Waals surface area contributed by atoms with Crippen LogP contribution in [0.1, 0.15) is 22.3 Å². The lowest BCUT2D eigenvalue weighted by molar-refractivity contribution is 0.0766. The third-order valence-corrected chi connectivity index (χ3v) is 2.45. The van der Waals surface area contributed by atoms with Crippen molar-refractivity contribution in [2.75, 3.05) is 26.8 Å². The predicted molar refractivity (Wildman–Crippen MR) is 69.0 cm³/mol. The quantitative estimate of drug-likeness (QED) is 0.785. The molecule has 19 heavy (non-hydrogen) atoms. The number of carbonyl (C=O) groups is 1. The summed E-state index contributed by atoms with van der Waals surface area (Å²) < 4.78 is 13.2. The molecule has 4 nitrogen and oxygen atoms in total. The molecular weight excluding hydrogens is 249 g/mol. The maximum absolute atomic E-state index is 13.2. The molecule has 0 saturated heterocycles. The number of hydrogen-bond acceptors (Lipinski definition) is 3. The lowest BCUT2D eigenvalue weighted by Crippen LogP contribution is -2.30. The predicted octanol–water partition coefficient (Wildman–Crippen LogP) is 0.624. The second-order valence-corrected chi connectivity index (χ2v) is 3.92. The fraction of sp³-hybridized carbons (Fsp3) is 0.357. The minimum atomic E-state index is -0.477. The van der Waals surface area contributed by atoms with Crippen LogP contribution in [0.25, 0.3) is 0 Å². The maximum Gasteiger partial charge on any atom is 0.254 e. The van der Waals surface area contributed by atoms with Crippen LogP contribution in [0.4, 0.5) is 4.39 Å². The Morgan fingerprint density at radius 3 is 2.74 bits per heavy atom. The third-order valence-electron chi connectivity index (χ3n) is 2.45. The minimum absolute atomic E-state index is 0.0873. The van der Waals surface area contributed by atoms with Crippen LogP contribution >= 0.6 is 0 Å². The van der Waals surface area contributed by atoms with Crippen molar-refractivity contribution < 1.29 is 19.4 Å². The molecule has 0 aliphatic carbocycles. The van der Waals surface area contributed by atoms with Gasteiger partial charge in [0.05, 0.1) is 18.8 Å². The monoisotopic (exact) mass is 265 g/mol. The molecule has 102 valence electrons. The standard InChI is InChI=1S/C14H16FNO3/c1-16(7-9-18)14(19)13-6-5-12(15)10-11(13)4-2-3-8-17/h5-6,10,17-18H,3,7-9H2,1H3. The average molecular weight is 265 g/mol. The van der Waals surface area contributed by atoms with Crippen LogP contribution in [-0.2, 0) is 0 Å². The first-order valence-corrected chi connectivity index (χ1v) is 5.85. The van der Waals surface area contributed by atoms with Crippen LogP contribution in [0.5, 0.6) is 0 Å². The van der Waals surface area contributed by atoms with Crippen LogP contribution in [0, 0.1) is 17.7 Å². The van der Waals surface area contributed by atoms with Crippen LogP contribution in [0.3, 0.4) is 0 Å². The highest BCUT2D eigenvalue weighted by molar-refractivity contribution is 5.96. The van der Waals surface area contributed by atoms with Gasteiger partial charge in [0.25, 0.3) is 5.91 Å². The summed E-state index contributed by atoms with van der Waals surface area (Å²) in [6.45, 7) is -0.0370. The zero-order chi connectivity index (χ0) is 14.3. The van der Waals surface area contributed by atoms with Crippen molar-refractivity contribution in [1.82, 2.24) is 4.90 Å². The van der Waals surface area contributed by atoms with E-state index in [1.165, 1.54) is 23.1 Å². The van der Waals surface area contributed by atoms with Gasteiger partial charge in [0.2, 0.25) is 0 Å². The van der Waals surface area contributed by atoms with Gasteiger partial charge in [0.15, 0.2) is 0 Å². The number of hydrogen-bond donors (Lipinski definition) is 2. The Balaban J connectivity index is 3.06. The number of carbonyl (C=O) groups excluding carboxylic acids is 1. The fourth-order valence-electron chi connectivity index (χ4n) is 1.48. The van der Waals surface area contributed by atoms with Crippen molar-refractivity contribution in [2.24, 2.45) is 0 Å². The largest absolute Gasteiger partial charge is 0.395 e. The number of likely N-dealkylation sites (N-methyl/N-ethyl adjacent to an activating group) is 1. The van der Waals surface area contributed by atoms with Crippen LogP contribution < -0.4 is 0 Å². The lowest BCUT2D eigenvalue weighted by Gasteiger charge is -2.16. The van der Waals surface area contributed by atoms with Crippen molar-refractivity contribution in [1.29, 1.82) is 0 Å². The Morgan fingerprint density at radius 1 is 1.37 bits per heavy atom. The highest BCUT2D eigenvalue weighted by Gasteiger charge is 2.15. The van der Waals surface area contributed by atoms with Gasteiger partial charge in [0, 0.05) is 25.6 Å². The molecular formula is C14H16FNO3. The molecule has 0 fully saturated rings. The number of amides is 1. The Kier molecular flexibility index (Phi) is 6.00. The summed E-state index contributed by atoms with van der Waals surface area (Å²) in [5.41, 5.74) is 0.561. The molecule has 0 aliphatic rings. The van der Waals surface area contributed by atoms with E-state index in [0.29, 0.717) is 0 Å². The normalized spacial score (nSPS) is 9.68. The molecule has 0 radical (unpaired) electrons. The molecule has 0 atom stereocenters. The Labute approximate surface area is 111 Å². The summed E-state index contributed by atoms with van der Waals surface area (Å²) in [6, 6.07) is 3.75. The molecule has 2 N–H and O–H groups in total. The van der Waals surface area contributed by atoms with Gasteiger partial charge in [-0.3, -0.25) is 4.79 Å². The number of aliphatic hydroxyl groups is 2. The number of rotatable bonds is 4. The second kappa shape index (κ2) is 7.52. The van der Waals surface area contributed by atoms with E-state index in [4.69, 9.17) is 10.2 Å². The molecule has 0 heterocycles. The Hall–Kier alpha value is -1.90. The molecule has 1 rings (SSSR count). The van der Waals surface area contributed by atoms with Crippen molar-refractivity contribution in [3.05, 3.63) is 35.1 Å².